The number of rotatable bonds is 1. The Hall–Kier alpha value is 0.423. The molecule has 1 aliphatic carbocycles. The maximum absolute atomic E-state index is 2.37. The van der Waals surface area contributed by atoms with Gasteiger partial charge in [-0.1, -0.05) is 0 Å². The van der Waals surface area contributed by atoms with Crippen molar-refractivity contribution in [2.24, 2.45) is 5.92 Å². The first-order valence-electron chi connectivity index (χ1n) is 4.71. The molecular weight excluding hydrogens is 306 g/mol. The summed E-state index contributed by atoms with van der Waals surface area (Å²) in [5.41, 5.74) is 4.58. The molecule has 0 spiro atoms. The normalized spacial score (nSPS) is 17.5. The van der Waals surface area contributed by atoms with E-state index in [4.69, 9.17) is 0 Å². The summed E-state index contributed by atoms with van der Waals surface area (Å²) >= 11 is 1.62. The predicted octanol–water partition coefficient (Wildman–Crippen LogP) is 4.17. The fourth-order valence-electron chi connectivity index (χ4n) is 1.85. The summed E-state index contributed by atoms with van der Waals surface area (Å²) in [5.74, 6) is 0.691. The van der Waals surface area contributed by atoms with E-state index in [1.807, 2.05) is 0 Å². The minimum absolute atomic E-state index is 0. The van der Waals surface area contributed by atoms with Gasteiger partial charge in [0.05, 0.1) is 0 Å². The number of benzene rings is 1. The molecule has 0 aliphatic heterocycles. The second kappa shape index (κ2) is 6.23. The van der Waals surface area contributed by atoms with E-state index in [9.17, 15) is 0 Å². The molecule has 0 saturated heterocycles. The van der Waals surface area contributed by atoms with Gasteiger partial charge in [-0.15, -0.1) is 24.8 Å². The van der Waals surface area contributed by atoms with E-state index in [-0.39, 0.29) is 24.8 Å². The Morgan fingerprint density at radius 3 is 2.27 bits per heavy atom. The third kappa shape index (κ3) is 2.96. The molecule has 0 fully saturated rings. The Kier molecular flexibility index (Phi) is 6.41. The van der Waals surface area contributed by atoms with Gasteiger partial charge in [0.15, 0.2) is 0 Å². The molecule has 0 nitrogen and oxygen atoms in total. The maximum atomic E-state index is 2.37. The van der Waals surface area contributed by atoms with Crippen molar-refractivity contribution >= 4 is 30.9 Å². The average molecular weight is 321 g/mol. The van der Waals surface area contributed by atoms with Crippen LogP contribution in [0.2, 0.25) is 0 Å². The van der Waals surface area contributed by atoms with Gasteiger partial charge >= 0.3 is 95.2 Å². The van der Waals surface area contributed by atoms with Crippen LogP contribution in [-0.2, 0) is 24.7 Å². The van der Waals surface area contributed by atoms with Crippen molar-refractivity contribution < 1.29 is 24.7 Å². The fourth-order valence-corrected chi connectivity index (χ4v) is 3.52. The smallest absolute Gasteiger partial charge is 0.147 e. The van der Waals surface area contributed by atoms with Gasteiger partial charge in [0.1, 0.15) is 0 Å². The van der Waals surface area contributed by atoms with Crippen LogP contribution in [0.15, 0.2) is 29.8 Å². The van der Waals surface area contributed by atoms with Gasteiger partial charge in [0.2, 0.25) is 0 Å². The first-order chi connectivity index (χ1) is 6.20. The zero-order chi connectivity index (χ0) is 9.42. The Labute approximate surface area is 119 Å². The monoisotopic (exact) mass is 319 g/mol. The summed E-state index contributed by atoms with van der Waals surface area (Å²) in [6.45, 7) is 4.57. The molecule has 1 unspecified atom stereocenters. The Balaban J connectivity index is 0.000000980. The van der Waals surface area contributed by atoms with Crippen molar-refractivity contribution in [2.45, 2.75) is 17.5 Å². The SMILES string of the molecule is CC(C)C1=Cc2ccccc2[CH]1[Zr].Cl.Cl. The Morgan fingerprint density at radius 1 is 1.13 bits per heavy atom. The summed E-state index contributed by atoms with van der Waals surface area (Å²) in [7, 11) is 0. The Morgan fingerprint density at radius 2 is 1.73 bits per heavy atom. The van der Waals surface area contributed by atoms with Crippen LogP contribution in [0.25, 0.3) is 6.08 Å². The quantitative estimate of drug-likeness (QED) is 0.728. The number of hydrogen-bond acceptors (Lipinski definition) is 0. The van der Waals surface area contributed by atoms with Gasteiger partial charge in [-0.05, 0) is 0 Å². The molecule has 0 N–H and O–H groups in total. The minimum Gasteiger partial charge on any atom is -0.147 e. The summed E-state index contributed by atoms with van der Waals surface area (Å²) in [6, 6.07) is 8.76. The summed E-state index contributed by atoms with van der Waals surface area (Å²) in [5, 5.41) is 0. The molecule has 0 aromatic heterocycles. The first-order valence-corrected chi connectivity index (χ1v) is 6.13. The third-order valence-electron chi connectivity index (χ3n) is 2.63. The van der Waals surface area contributed by atoms with E-state index >= 15 is 0 Å². The van der Waals surface area contributed by atoms with Crippen molar-refractivity contribution in [1.29, 1.82) is 0 Å². The molecule has 1 aliphatic rings. The third-order valence-corrected chi connectivity index (χ3v) is 4.21. The van der Waals surface area contributed by atoms with Crippen molar-refractivity contribution in [3.05, 3.63) is 41.0 Å². The standard InChI is InChI=1S/C12H13.2ClH.Zr/c1-9(2)12-7-10-5-3-4-6-11(10)8-12;;;/h3-9H,1-2H3;2*1H;. The van der Waals surface area contributed by atoms with Crippen LogP contribution in [0, 0.1) is 5.92 Å². The van der Waals surface area contributed by atoms with E-state index in [2.05, 4.69) is 44.2 Å². The van der Waals surface area contributed by atoms with Crippen LogP contribution in [0.3, 0.4) is 0 Å². The van der Waals surface area contributed by atoms with Crippen LogP contribution < -0.4 is 0 Å². The average Bonchev–Trinajstić information content (AvgIpc) is 2.45. The molecule has 0 bridgehead atoms. The number of hydrogen-bond donors (Lipinski definition) is 0. The second-order valence-corrected chi connectivity index (χ2v) is 5.28. The second-order valence-electron chi connectivity index (χ2n) is 3.86. The summed E-state index contributed by atoms with van der Waals surface area (Å²) in [4.78, 5) is 0. The molecule has 0 heterocycles. The molecule has 15 heavy (non-hydrogen) atoms. The van der Waals surface area contributed by atoms with Gasteiger partial charge in [-0.3, -0.25) is 0 Å². The topological polar surface area (TPSA) is 0 Å². The van der Waals surface area contributed by atoms with Crippen molar-refractivity contribution in [3.63, 3.8) is 0 Å². The van der Waals surface area contributed by atoms with Gasteiger partial charge < -0.3 is 0 Å². The van der Waals surface area contributed by atoms with Gasteiger partial charge in [0.25, 0.3) is 0 Å². The molecule has 2 rings (SSSR count). The van der Waals surface area contributed by atoms with E-state index in [0.29, 0.717) is 9.54 Å². The van der Waals surface area contributed by atoms with Crippen LogP contribution >= 0.6 is 24.8 Å². The molecular formula is C12H15Cl2Zr. The largest absolute Gasteiger partial charge is 0.147 e. The molecule has 3 heteroatoms. The van der Waals surface area contributed by atoms with Gasteiger partial charge in [-0.2, -0.15) is 0 Å². The van der Waals surface area contributed by atoms with Crippen LogP contribution in [0.5, 0.6) is 0 Å². The van der Waals surface area contributed by atoms with E-state index in [0.717, 1.165) is 0 Å². The van der Waals surface area contributed by atoms with Crippen molar-refractivity contribution in [3.8, 4) is 0 Å². The van der Waals surface area contributed by atoms with Crippen LogP contribution in [0.1, 0.15) is 28.6 Å². The van der Waals surface area contributed by atoms with E-state index in [1.165, 1.54) is 11.1 Å². The number of fused-ring (bicyclic) bond motifs is 1. The molecule has 1 aromatic carbocycles. The zero-order valence-corrected chi connectivity index (χ0v) is 12.9. The molecule has 1 atom stereocenters. The number of halogens is 2. The molecule has 0 radical (unpaired) electrons. The maximum Gasteiger partial charge on any atom is -0.147 e. The van der Waals surface area contributed by atoms with Crippen LogP contribution in [-0.4, -0.2) is 0 Å². The molecule has 81 valence electrons. The van der Waals surface area contributed by atoms with E-state index < -0.39 is 0 Å². The summed E-state index contributed by atoms with van der Waals surface area (Å²) in [6.07, 6.45) is 2.37. The van der Waals surface area contributed by atoms with Crippen molar-refractivity contribution in [1.82, 2.24) is 0 Å². The molecule has 0 saturated carbocycles. The number of allylic oxidation sites excluding steroid dienone is 1. The first kappa shape index (κ1) is 15.4. The van der Waals surface area contributed by atoms with Gasteiger partial charge in [0, 0.05) is 0 Å². The van der Waals surface area contributed by atoms with E-state index in [1.54, 1.807) is 30.3 Å². The minimum atomic E-state index is 0. The van der Waals surface area contributed by atoms with Gasteiger partial charge in [-0.25, -0.2) is 0 Å². The predicted molar refractivity (Wildman–Crippen MR) is 66.5 cm³/mol. The zero-order valence-electron chi connectivity index (χ0n) is 8.86. The fraction of sp³-hybridized carbons (Fsp3) is 0.333. The van der Waals surface area contributed by atoms with Crippen LogP contribution in [0.4, 0.5) is 0 Å². The Bertz CT molecular complexity index is 358. The summed E-state index contributed by atoms with van der Waals surface area (Å²) < 4.78 is 0.711. The van der Waals surface area contributed by atoms with Crippen molar-refractivity contribution in [2.75, 3.05) is 0 Å². The molecule has 1 aromatic rings. The molecule has 0 amide bonds.